The molecule has 0 saturated carbocycles. The van der Waals surface area contributed by atoms with E-state index in [0.717, 1.165) is 44.8 Å². The molecule has 8 heteroatoms. The highest BCUT2D eigenvalue weighted by Gasteiger charge is 2.15. The molecule has 0 saturated heterocycles. The van der Waals surface area contributed by atoms with Crippen LogP contribution in [0.2, 0.25) is 0 Å². The molecule has 0 amide bonds. The summed E-state index contributed by atoms with van der Waals surface area (Å²) in [6.07, 6.45) is 0.884. The van der Waals surface area contributed by atoms with E-state index < -0.39 is 0 Å². The molecule has 3 heterocycles. The molecule has 4 aromatic rings. The average Bonchev–Trinajstić information content (AvgIpc) is 3.45. The first-order valence-corrected chi connectivity index (χ1v) is 11.2. The lowest BCUT2D eigenvalue weighted by Crippen LogP contribution is -2.42. The summed E-state index contributed by atoms with van der Waals surface area (Å²) in [7, 11) is 3.76. The summed E-state index contributed by atoms with van der Waals surface area (Å²) in [6, 6.07) is 12.3. The smallest absolute Gasteiger partial charge is 0.191 e. The maximum Gasteiger partial charge on any atom is 0.191 e. The standard InChI is InChI=1S/C23H28N6OS/c1-14(12-18-15(2)28-29(5)16(18)3)26-23(24-4)25-13-17-10-11-20(30-17)22-27-19-8-6-7-9-21(19)31-22/h6-11,14H,12-13H2,1-5H3,(H2,24,25,26). The number of nitrogens with one attached hydrogen (secondary N) is 2. The van der Waals surface area contributed by atoms with Gasteiger partial charge in [0.25, 0.3) is 0 Å². The normalized spacial score (nSPS) is 13.0. The number of guanidine groups is 1. The van der Waals surface area contributed by atoms with Crippen LogP contribution in [0.3, 0.4) is 0 Å². The molecule has 0 aliphatic carbocycles. The number of para-hydroxylation sites is 1. The monoisotopic (exact) mass is 436 g/mol. The van der Waals surface area contributed by atoms with Gasteiger partial charge >= 0.3 is 0 Å². The molecule has 0 aliphatic rings. The second kappa shape index (κ2) is 8.93. The Bertz CT molecular complexity index is 1190. The van der Waals surface area contributed by atoms with Crippen LogP contribution >= 0.6 is 11.3 Å². The minimum absolute atomic E-state index is 0.211. The third-order valence-corrected chi connectivity index (χ3v) is 6.42. The molecular formula is C23H28N6OS. The Balaban J connectivity index is 1.35. The predicted octanol–water partition coefficient (Wildman–Crippen LogP) is 4.20. The quantitative estimate of drug-likeness (QED) is 0.350. The van der Waals surface area contributed by atoms with Crippen molar-refractivity contribution in [3.63, 3.8) is 0 Å². The number of hydrogen-bond acceptors (Lipinski definition) is 5. The molecule has 162 valence electrons. The fourth-order valence-electron chi connectivity index (χ4n) is 3.63. The number of aromatic nitrogens is 3. The molecule has 4 rings (SSSR count). The van der Waals surface area contributed by atoms with Crippen molar-refractivity contribution in [1.82, 2.24) is 25.4 Å². The van der Waals surface area contributed by atoms with Gasteiger partial charge in [-0.15, -0.1) is 11.3 Å². The Kier molecular flexibility index (Phi) is 6.08. The van der Waals surface area contributed by atoms with Crippen molar-refractivity contribution in [2.24, 2.45) is 12.0 Å². The molecule has 7 nitrogen and oxygen atoms in total. The van der Waals surface area contributed by atoms with Gasteiger partial charge in [-0.2, -0.15) is 5.10 Å². The zero-order valence-corrected chi connectivity index (χ0v) is 19.4. The molecule has 0 bridgehead atoms. The summed E-state index contributed by atoms with van der Waals surface area (Å²) in [6.45, 7) is 6.86. The van der Waals surface area contributed by atoms with Crippen LogP contribution in [-0.2, 0) is 20.0 Å². The molecule has 1 unspecified atom stereocenters. The van der Waals surface area contributed by atoms with Crippen molar-refractivity contribution in [2.75, 3.05) is 7.05 Å². The second-order valence-electron chi connectivity index (χ2n) is 7.70. The topological polar surface area (TPSA) is 80.3 Å². The number of aryl methyl sites for hydroxylation is 2. The van der Waals surface area contributed by atoms with E-state index in [-0.39, 0.29) is 6.04 Å². The fourth-order valence-corrected chi connectivity index (χ4v) is 4.56. The average molecular weight is 437 g/mol. The van der Waals surface area contributed by atoms with Gasteiger partial charge in [-0.25, -0.2) is 4.98 Å². The first-order chi connectivity index (χ1) is 14.9. The molecule has 0 radical (unpaired) electrons. The maximum atomic E-state index is 6.02. The van der Waals surface area contributed by atoms with E-state index in [1.54, 1.807) is 18.4 Å². The fraction of sp³-hybridized carbons (Fsp3) is 0.348. The number of benzene rings is 1. The van der Waals surface area contributed by atoms with Gasteiger partial charge in [0.2, 0.25) is 0 Å². The van der Waals surface area contributed by atoms with Crippen molar-refractivity contribution in [3.8, 4) is 10.8 Å². The van der Waals surface area contributed by atoms with Crippen LogP contribution in [0.4, 0.5) is 0 Å². The molecule has 31 heavy (non-hydrogen) atoms. The Hall–Kier alpha value is -3.13. The van der Waals surface area contributed by atoms with Crippen molar-refractivity contribution < 1.29 is 4.42 Å². The number of rotatable bonds is 6. The van der Waals surface area contributed by atoms with Crippen LogP contribution in [0, 0.1) is 13.8 Å². The number of thiazole rings is 1. The summed E-state index contributed by atoms with van der Waals surface area (Å²) in [4.78, 5) is 9.01. The van der Waals surface area contributed by atoms with Crippen LogP contribution in [0.1, 0.15) is 29.6 Å². The summed E-state index contributed by atoms with van der Waals surface area (Å²) >= 11 is 1.64. The highest BCUT2D eigenvalue weighted by molar-refractivity contribution is 7.21. The van der Waals surface area contributed by atoms with Crippen LogP contribution < -0.4 is 10.6 Å². The van der Waals surface area contributed by atoms with Gasteiger partial charge in [-0.05, 0) is 57.0 Å². The molecule has 1 aromatic carbocycles. The lowest BCUT2D eigenvalue weighted by atomic mass is 10.1. The van der Waals surface area contributed by atoms with E-state index >= 15 is 0 Å². The Morgan fingerprint density at radius 1 is 1.23 bits per heavy atom. The zero-order valence-electron chi connectivity index (χ0n) is 18.6. The van der Waals surface area contributed by atoms with Crippen molar-refractivity contribution in [3.05, 3.63) is 59.1 Å². The number of aliphatic imine (C=N–C) groups is 1. The van der Waals surface area contributed by atoms with E-state index in [4.69, 9.17) is 4.42 Å². The van der Waals surface area contributed by atoms with Gasteiger partial charge in [0.15, 0.2) is 16.7 Å². The molecule has 0 spiro atoms. The van der Waals surface area contributed by atoms with Gasteiger partial charge < -0.3 is 15.1 Å². The van der Waals surface area contributed by atoms with E-state index in [0.29, 0.717) is 6.54 Å². The summed E-state index contributed by atoms with van der Waals surface area (Å²) in [5.74, 6) is 2.37. The minimum Gasteiger partial charge on any atom is -0.457 e. The number of nitrogens with zero attached hydrogens (tertiary/aromatic N) is 4. The van der Waals surface area contributed by atoms with E-state index in [1.807, 2.05) is 42.1 Å². The summed E-state index contributed by atoms with van der Waals surface area (Å²) in [5, 5.41) is 12.2. The molecular weight excluding hydrogens is 408 g/mol. The number of hydrogen-bond donors (Lipinski definition) is 2. The Labute approximate surface area is 186 Å². The Morgan fingerprint density at radius 3 is 2.74 bits per heavy atom. The largest absolute Gasteiger partial charge is 0.457 e. The number of furan rings is 1. The van der Waals surface area contributed by atoms with Gasteiger partial charge in [0, 0.05) is 25.8 Å². The van der Waals surface area contributed by atoms with Crippen molar-refractivity contribution >= 4 is 27.5 Å². The molecule has 0 fully saturated rings. The van der Waals surface area contributed by atoms with Crippen molar-refractivity contribution in [2.45, 2.75) is 39.8 Å². The van der Waals surface area contributed by atoms with Gasteiger partial charge in [0.1, 0.15) is 5.76 Å². The van der Waals surface area contributed by atoms with E-state index in [1.165, 1.54) is 11.3 Å². The van der Waals surface area contributed by atoms with Gasteiger partial charge in [0.05, 0.1) is 22.5 Å². The van der Waals surface area contributed by atoms with Crippen LogP contribution in [0.5, 0.6) is 0 Å². The maximum absolute atomic E-state index is 6.02. The minimum atomic E-state index is 0.211. The second-order valence-corrected chi connectivity index (χ2v) is 8.73. The highest BCUT2D eigenvalue weighted by Crippen LogP contribution is 2.31. The predicted molar refractivity (Wildman–Crippen MR) is 127 cm³/mol. The third kappa shape index (κ3) is 4.64. The SMILES string of the molecule is CN=C(NCc1ccc(-c2nc3ccccc3s2)o1)NC(C)Cc1c(C)nn(C)c1C. The summed E-state index contributed by atoms with van der Waals surface area (Å²) < 4.78 is 9.11. The third-order valence-electron chi connectivity index (χ3n) is 5.37. The van der Waals surface area contributed by atoms with E-state index in [9.17, 15) is 0 Å². The molecule has 0 aliphatic heterocycles. The first kappa shape index (κ1) is 21.1. The molecule has 3 aromatic heterocycles. The van der Waals surface area contributed by atoms with E-state index in [2.05, 4.69) is 52.5 Å². The van der Waals surface area contributed by atoms with Crippen LogP contribution in [0.15, 0.2) is 45.8 Å². The van der Waals surface area contributed by atoms with Gasteiger partial charge in [-0.3, -0.25) is 9.67 Å². The first-order valence-electron chi connectivity index (χ1n) is 10.4. The lowest BCUT2D eigenvalue weighted by molar-refractivity contribution is 0.511. The van der Waals surface area contributed by atoms with Gasteiger partial charge in [-0.1, -0.05) is 12.1 Å². The molecule has 1 atom stereocenters. The Morgan fingerprint density at radius 2 is 2.03 bits per heavy atom. The molecule has 2 N–H and O–H groups in total. The lowest BCUT2D eigenvalue weighted by Gasteiger charge is -2.18. The highest BCUT2D eigenvalue weighted by atomic mass is 32.1. The number of fused-ring (bicyclic) bond motifs is 1. The van der Waals surface area contributed by atoms with Crippen LogP contribution in [0.25, 0.3) is 21.0 Å². The van der Waals surface area contributed by atoms with Crippen molar-refractivity contribution in [1.29, 1.82) is 0 Å². The zero-order chi connectivity index (χ0) is 22.0. The van der Waals surface area contributed by atoms with Crippen LogP contribution in [-0.4, -0.2) is 33.8 Å². The summed E-state index contributed by atoms with van der Waals surface area (Å²) in [5.41, 5.74) is 4.56.